The highest BCUT2D eigenvalue weighted by Crippen LogP contribution is 1.82. The molecular weight excluding hydrogens is 228 g/mol. The van der Waals surface area contributed by atoms with Crippen molar-refractivity contribution in [3.05, 3.63) is 12.7 Å². The Morgan fingerprint density at radius 1 is 1.12 bits per heavy atom. The molecule has 0 aromatic carbocycles. The molecule has 0 spiro atoms. The van der Waals surface area contributed by atoms with Gasteiger partial charge in [-0.15, -0.1) is 0 Å². The molecule has 0 fully saturated rings. The molecule has 6 heteroatoms. The van der Waals surface area contributed by atoms with E-state index in [1.54, 1.807) is 14.2 Å². The van der Waals surface area contributed by atoms with Gasteiger partial charge in [0.1, 0.15) is 6.61 Å². The van der Waals surface area contributed by atoms with Gasteiger partial charge in [0.2, 0.25) is 0 Å². The summed E-state index contributed by atoms with van der Waals surface area (Å²) in [6.07, 6.45) is 1.10. The number of hydrogen-bond acceptors (Lipinski definition) is 6. The summed E-state index contributed by atoms with van der Waals surface area (Å²) < 4.78 is 18.9. The Hall–Kier alpha value is -0.950. The molecule has 0 unspecified atom stereocenters. The number of carbonyl (C=O) groups excluding carboxylic acids is 1. The lowest BCUT2D eigenvalue weighted by Crippen LogP contribution is -2.12. The van der Waals surface area contributed by atoms with Crippen molar-refractivity contribution >= 4 is 5.97 Å². The Morgan fingerprint density at radius 2 is 1.59 bits per heavy atom. The molecule has 0 atom stereocenters. The fourth-order valence-corrected chi connectivity index (χ4v) is 0.647. The molecule has 0 aliphatic heterocycles. The Balaban J connectivity index is 0. The third-order valence-electron chi connectivity index (χ3n) is 1.25. The zero-order valence-electron chi connectivity index (χ0n) is 10.5. The predicted octanol–water partition coefficient (Wildman–Crippen LogP) is 0.00370. The normalized spacial score (nSPS) is 9.12. The molecule has 0 aromatic rings. The van der Waals surface area contributed by atoms with Gasteiger partial charge in [0.25, 0.3) is 0 Å². The Bertz CT molecular complexity index is 171. The standard InChI is InChI=1S/C9H16O5.C2H6O/c1-2-9(11)14-8-7-13-6-5-12-4-3-10;1-3-2/h2,10H,1,3-8H2;1-2H3. The quantitative estimate of drug-likeness (QED) is 0.353. The van der Waals surface area contributed by atoms with Crippen LogP contribution in [0.25, 0.3) is 0 Å². The lowest BCUT2D eigenvalue weighted by Gasteiger charge is -2.04. The summed E-state index contributed by atoms with van der Waals surface area (Å²) in [6, 6.07) is 0. The number of carbonyl (C=O) groups is 1. The lowest BCUT2D eigenvalue weighted by molar-refractivity contribution is -0.139. The van der Waals surface area contributed by atoms with Crippen molar-refractivity contribution in [2.45, 2.75) is 0 Å². The summed E-state index contributed by atoms with van der Waals surface area (Å²) in [6.45, 7) is 4.97. The van der Waals surface area contributed by atoms with E-state index in [4.69, 9.17) is 14.6 Å². The van der Waals surface area contributed by atoms with Gasteiger partial charge < -0.3 is 24.1 Å². The van der Waals surface area contributed by atoms with Gasteiger partial charge in [-0.2, -0.15) is 0 Å². The van der Waals surface area contributed by atoms with E-state index >= 15 is 0 Å². The van der Waals surface area contributed by atoms with Crippen LogP contribution in [-0.4, -0.2) is 64.9 Å². The first kappa shape index (κ1) is 18.4. The summed E-state index contributed by atoms with van der Waals surface area (Å²) in [5.74, 6) is -0.454. The number of rotatable bonds is 9. The van der Waals surface area contributed by atoms with Crippen molar-refractivity contribution < 1.29 is 28.8 Å². The van der Waals surface area contributed by atoms with Gasteiger partial charge in [-0.25, -0.2) is 4.79 Å². The predicted molar refractivity (Wildman–Crippen MR) is 62.8 cm³/mol. The molecule has 0 saturated carbocycles. The second kappa shape index (κ2) is 17.4. The topological polar surface area (TPSA) is 74.2 Å². The zero-order valence-corrected chi connectivity index (χ0v) is 10.5. The lowest BCUT2D eigenvalue weighted by atomic mass is 10.6. The zero-order chi connectivity index (χ0) is 13.4. The van der Waals surface area contributed by atoms with E-state index in [-0.39, 0.29) is 13.2 Å². The summed E-state index contributed by atoms with van der Waals surface area (Å²) >= 11 is 0. The summed E-state index contributed by atoms with van der Waals surface area (Å²) in [4.78, 5) is 10.5. The molecule has 1 N–H and O–H groups in total. The molecule has 0 radical (unpaired) electrons. The minimum atomic E-state index is -0.454. The molecule has 102 valence electrons. The van der Waals surface area contributed by atoms with E-state index in [1.807, 2.05) is 0 Å². The van der Waals surface area contributed by atoms with E-state index < -0.39 is 5.97 Å². The first-order valence-electron chi connectivity index (χ1n) is 5.18. The molecule has 0 aliphatic rings. The molecule has 0 amide bonds. The van der Waals surface area contributed by atoms with Crippen LogP contribution in [0.2, 0.25) is 0 Å². The van der Waals surface area contributed by atoms with Crippen molar-refractivity contribution in [1.82, 2.24) is 0 Å². The second-order valence-corrected chi connectivity index (χ2v) is 2.73. The maximum atomic E-state index is 10.5. The van der Waals surface area contributed by atoms with Crippen LogP contribution in [-0.2, 0) is 23.7 Å². The monoisotopic (exact) mass is 250 g/mol. The average molecular weight is 250 g/mol. The molecule has 0 heterocycles. The largest absolute Gasteiger partial charge is 0.460 e. The van der Waals surface area contributed by atoms with E-state index in [0.29, 0.717) is 26.4 Å². The van der Waals surface area contributed by atoms with E-state index in [9.17, 15) is 4.79 Å². The van der Waals surface area contributed by atoms with Crippen LogP contribution in [0, 0.1) is 0 Å². The van der Waals surface area contributed by atoms with Crippen molar-refractivity contribution in [2.24, 2.45) is 0 Å². The van der Waals surface area contributed by atoms with Gasteiger partial charge in [-0.3, -0.25) is 0 Å². The maximum Gasteiger partial charge on any atom is 0.330 e. The molecule has 17 heavy (non-hydrogen) atoms. The van der Waals surface area contributed by atoms with Crippen LogP contribution >= 0.6 is 0 Å². The first-order valence-corrected chi connectivity index (χ1v) is 5.18. The number of hydrogen-bond donors (Lipinski definition) is 1. The number of esters is 1. The summed E-state index contributed by atoms with van der Waals surface area (Å²) in [5, 5.41) is 8.36. The van der Waals surface area contributed by atoms with Gasteiger partial charge in [0.05, 0.1) is 33.0 Å². The Labute approximate surface area is 102 Å². The molecule has 6 nitrogen and oxygen atoms in total. The number of aliphatic hydroxyl groups excluding tert-OH is 1. The van der Waals surface area contributed by atoms with Gasteiger partial charge in [-0.05, 0) is 0 Å². The van der Waals surface area contributed by atoms with Crippen LogP contribution in [0.4, 0.5) is 0 Å². The van der Waals surface area contributed by atoms with Crippen LogP contribution in [0.1, 0.15) is 0 Å². The minimum Gasteiger partial charge on any atom is -0.460 e. The minimum absolute atomic E-state index is 0.0109. The number of ether oxygens (including phenoxy) is 4. The van der Waals surface area contributed by atoms with Crippen LogP contribution in [0.15, 0.2) is 12.7 Å². The summed E-state index contributed by atoms with van der Waals surface area (Å²) in [7, 11) is 3.25. The van der Waals surface area contributed by atoms with Gasteiger partial charge in [0.15, 0.2) is 0 Å². The molecule has 0 aromatic heterocycles. The van der Waals surface area contributed by atoms with Crippen LogP contribution in [0.5, 0.6) is 0 Å². The highest BCUT2D eigenvalue weighted by Gasteiger charge is 1.94. The van der Waals surface area contributed by atoms with Crippen molar-refractivity contribution in [3.63, 3.8) is 0 Å². The summed E-state index contributed by atoms with van der Waals surface area (Å²) in [5.41, 5.74) is 0. The fraction of sp³-hybridized carbons (Fsp3) is 0.727. The van der Waals surface area contributed by atoms with E-state index in [1.165, 1.54) is 0 Å². The average Bonchev–Trinajstić information content (AvgIpc) is 2.33. The highest BCUT2D eigenvalue weighted by atomic mass is 16.6. The molecular formula is C11H22O6. The van der Waals surface area contributed by atoms with Crippen molar-refractivity contribution in [2.75, 3.05) is 53.9 Å². The highest BCUT2D eigenvalue weighted by molar-refractivity contribution is 5.81. The Morgan fingerprint density at radius 3 is 2.06 bits per heavy atom. The van der Waals surface area contributed by atoms with Crippen molar-refractivity contribution in [3.8, 4) is 0 Å². The fourth-order valence-electron chi connectivity index (χ4n) is 0.647. The third-order valence-corrected chi connectivity index (χ3v) is 1.25. The first-order chi connectivity index (χ1) is 8.22. The van der Waals surface area contributed by atoms with Crippen LogP contribution in [0.3, 0.4) is 0 Å². The molecule has 0 rings (SSSR count). The Kier molecular flexibility index (Phi) is 18.9. The van der Waals surface area contributed by atoms with Gasteiger partial charge in [0, 0.05) is 20.3 Å². The molecule has 0 saturated heterocycles. The number of methoxy groups -OCH3 is 1. The number of aliphatic hydroxyl groups is 1. The van der Waals surface area contributed by atoms with Crippen LogP contribution < -0.4 is 0 Å². The van der Waals surface area contributed by atoms with Gasteiger partial charge in [-0.1, -0.05) is 6.58 Å². The SMILES string of the molecule is C=CC(=O)OCCOCCOCCO.COC. The van der Waals surface area contributed by atoms with E-state index in [0.717, 1.165) is 6.08 Å². The second-order valence-electron chi connectivity index (χ2n) is 2.73. The smallest absolute Gasteiger partial charge is 0.330 e. The maximum absolute atomic E-state index is 10.5. The van der Waals surface area contributed by atoms with E-state index in [2.05, 4.69) is 16.1 Å². The van der Waals surface area contributed by atoms with Gasteiger partial charge >= 0.3 is 5.97 Å². The molecule has 0 aliphatic carbocycles. The van der Waals surface area contributed by atoms with Crippen molar-refractivity contribution in [1.29, 1.82) is 0 Å². The third kappa shape index (κ3) is 21.0. The molecule has 0 bridgehead atoms.